The second-order valence-electron chi connectivity index (χ2n) is 5.20. The summed E-state index contributed by atoms with van der Waals surface area (Å²) in [5.74, 6) is 0.621. The molecular weight excluding hydrogens is 261 g/mol. The van der Waals surface area contributed by atoms with Crippen molar-refractivity contribution in [2.24, 2.45) is 5.92 Å². The topological polar surface area (TPSA) is 45.7 Å². The van der Waals surface area contributed by atoms with Gasteiger partial charge in [-0.1, -0.05) is 0 Å². The summed E-state index contributed by atoms with van der Waals surface area (Å²) in [6.07, 6.45) is 2.04. The first-order chi connectivity index (χ1) is 9.74. The number of morpholine rings is 1. The Morgan fingerprint density at radius 1 is 1.30 bits per heavy atom. The van der Waals surface area contributed by atoms with Crippen molar-refractivity contribution in [2.45, 2.75) is 6.42 Å². The lowest BCUT2D eigenvalue weighted by Gasteiger charge is -2.29. The zero-order chi connectivity index (χ0) is 13.9. The van der Waals surface area contributed by atoms with Gasteiger partial charge < -0.3 is 14.5 Å². The Balaban J connectivity index is 1.61. The number of carbonyl (C=O) groups excluding carboxylic acids is 1. The quantitative estimate of drug-likeness (QED) is 0.807. The third kappa shape index (κ3) is 2.75. The van der Waals surface area contributed by atoms with Gasteiger partial charge >= 0.3 is 0 Å². The number of ether oxygens (including phenoxy) is 1. The van der Waals surface area contributed by atoms with Crippen LogP contribution in [0.25, 0.3) is 0 Å². The monoisotopic (exact) mass is 279 g/mol. The molecule has 1 unspecified atom stereocenters. The molecule has 1 aromatic heterocycles. The molecule has 0 aliphatic carbocycles. The van der Waals surface area contributed by atoms with Gasteiger partial charge in [0.2, 0.25) is 5.91 Å². The van der Waals surface area contributed by atoms with Crippen molar-refractivity contribution < 1.29 is 13.9 Å². The van der Waals surface area contributed by atoms with Gasteiger partial charge in [-0.25, -0.2) is 9.37 Å². The van der Waals surface area contributed by atoms with Crippen molar-refractivity contribution in [1.82, 2.24) is 9.88 Å². The Labute approximate surface area is 117 Å². The number of aromatic nitrogens is 1. The molecule has 0 bridgehead atoms. The number of carbonyl (C=O) groups is 1. The zero-order valence-electron chi connectivity index (χ0n) is 11.3. The fourth-order valence-electron chi connectivity index (χ4n) is 2.77. The maximum Gasteiger partial charge on any atom is 0.227 e. The summed E-state index contributed by atoms with van der Waals surface area (Å²) in [6, 6.07) is 3.07. The van der Waals surface area contributed by atoms with Crippen LogP contribution >= 0.6 is 0 Å². The highest BCUT2D eigenvalue weighted by Gasteiger charge is 2.32. The Bertz CT molecular complexity index is 474. The molecule has 0 N–H and O–H groups in total. The van der Waals surface area contributed by atoms with Gasteiger partial charge in [0.25, 0.3) is 0 Å². The molecule has 2 aliphatic heterocycles. The smallest absolute Gasteiger partial charge is 0.227 e. The molecule has 1 aromatic rings. The lowest BCUT2D eigenvalue weighted by Crippen LogP contribution is -2.44. The van der Waals surface area contributed by atoms with E-state index in [9.17, 15) is 9.18 Å². The minimum Gasteiger partial charge on any atom is -0.378 e. The Kier molecular flexibility index (Phi) is 3.82. The first kappa shape index (κ1) is 13.3. The summed E-state index contributed by atoms with van der Waals surface area (Å²) in [6.45, 7) is 4.08. The van der Waals surface area contributed by atoms with E-state index in [2.05, 4.69) is 4.98 Å². The summed E-state index contributed by atoms with van der Waals surface area (Å²) in [4.78, 5) is 20.4. The minimum absolute atomic E-state index is 0.0138. The molecule has 20 heavy (non-hydrogen) atoms. The number of hydrogen-bond acceptors (Lipinski definition) is 4. The van der Waals surface area contributed by atoms with E-state index in [1.807, 2.05) is 9.80 Å². The number of pyridine rings is 1. The molecule has 2 saturated heterocycles. The predicted molar refractivity (Wildman–Crippen MR) is 71.9 cm³/mol. The number of halogens is 1. The molecule has 0 radical (unpaired) electrons. The SMILES string of the molecule is O=C(C1CCN(c2ccc(F)cn2)C1)N1CCOCC1. The summed E-state index contributed by atoms with van der Waals surface area (Å²) in [7, 11) is 0. The van der Waals surface area contributed by atoms with Crippen molar-refractivity contribution >= 4 is 11.7 Å². The van der Waals surface area contributed by atoms with Crippen LogP contribution in [0.4, 0.5) is 10.2 Å². The van der Waals surface area contributed by atoms with Gasteiger partial charge in [0.05, 0.1) is 25.3 Å². The largest absolute Gasteiger partial charge is 0.378 e. The first-order valence-corrected chi connectivity index (χ1v) is 6.97. The van der Waals surface area contributed by atoms with E-state index in [1.54, 1.807) is 6.07 Å². The number of rotatable bonds is 2. The first-order valence-electron chi connectivity index (χ1n) is 6.97. The molecule has 3 heterocycles. The Hall–Kier alpha value is -1.69. The third-order valence-electron chi connectivity index (χ3n) is 3.90. The fraction of sp³-hybridized carbons (Fsp3) is 0.571. The number of anilines is 1. The molecular formula is C14H18FN3O2. The lowest BCUT2D eigenvalue weighted by atomic mass is 10.1. The van der Waals surface area contributed by atoms with Gasteiger partial charge in [-0.05, 0) is 18.6 Å². The molecule has 1 amide bonds. The van der Waals surface area contributed by atoms with Gasteiger partial charge in [0, 0.05) is 26.2 Å². The lowest BCUT2D eigenvalue weighted by molar-refractivity contribution is -0.138. The van der Waals surface area contributed by atoms with Crippen LogP contribution in [0.3, 0.4) is 0 Å². The molecule has 3 rings (SSSR count). The van der Waals surface area contributed by atoms with E-state index in [4.69, 9.17) is 4.74 Å². The van der Waals surface area contributed by atoms with Crippen LogP contribution < -0.4 is 4.90 Å². The second-order valence-corrected chi connectivity index (χ2v) is 5.20. The Morgan fingerprint density at radius 3 is 2.80 bits per heavy atom. The summed E-state index contributed by atoms with van der Waals surface area (Å²) >= 11 is 0. The van der Waals surface area contributed by atoms with Crippen LogP contribution in [0.15, 0.2) is 18.3 Å². The van der Waals surface area contributed by atoms with Gasteiger partial charge in [-0.2, -0.15) is 0 Å². The van der Waals surface area contributed by atoms with E-state index in [1.165, 1.54) is 12.3 Å². The predicted octanol–water partition coefficient (Wildman–Crippen LogP) is 0.906. The average molecular weight is 279 g/mol. The number of amides is 1. The van der Waals surface area contributed by atoms with Crippen molar-refractivity contribution in [3.63, 3.8) is 0 Å². The van der Waals surface area contributed by atoms with E-state index in [0.29, 0.717) is 32.8 Å². The molecule has 6 heteroatoms. The molecule has 2 fully saturated rings. The van der Waals surface area contributed by atoms with Crippen LogP contribution in [0.5, 0.6) is 0 Å². The number of hydrogen-bond donors (Lipinski definition) is 0. The van der Waals surface area contributed by atoms with Gasteiger partial charge in [-0.3, -0.25) is 4.79 Å². The Morgan fingerprint density at radius 2 is 2.10 bits per heavy atom. The van der Waals surface area contributed by atoms with E-state index in [-0.39, 0.29) is 17.6 Å². The van der Waals surface area contributed by atoms with Crippen molar-refractivity contribution in [2.75, 3.05) is 44.3 Å². The van der Waals surface area contributed by atoms with E-state index < -0.39 is 0 Å². The summed E-state index contributed by atoms with van der Waals surface area (Å²) in [5.41, 5.74) is 0. The van der Waals surface area contributed by atoms with Crippen LogP contribution in [-0.4, -0.2) is 55.2 Å². The van der Waals surface area contributed by atoms with Crippen LogP contribution in [0.2, 0.25) is 0 Å². The maximum atomic E-state index is 12.9. The van der Waals surface area contributed by atoms with Crippen LogP contribution in [0, 0.1) is 11.7 Å². The van der Waals surface area contributed by atoms with Crippen LogP contribution in [0.1, 0.15) is 6.42 Å². The van der Waals surface area contributed by atoms with Crippen molar-refractivity contribution in [1.29, 1.82) is 0 Å². The molecule has 0 saturated carbocycles. The maximum absolute atomic E-state index is 12.9. The highest BCUT2D eigenvalue weighted by atomic mass is 19.1. The fourth-order valence-corrected chi connectivity index (χ4v) is 2.77. The third-order valence-corrected chi connectivity index (χ3v) is 3.90. The summed E-state index contributed by atoms with van der Waals surface area (Å²) in [5, 5.41) is 0. The molecule has 2 aliphatic rings. The number of nitrogens with zero attached hydrogens (tertiary/aromatic N) is 3. The molecule has 0 spiro atoms. The summed E-state index contributed by atoms with van der Waals surface area (Å²) < 4.78 is 18.1. The molecule has 0 aromatic carbocycles. The molecule has 108 valence electrons. The second kappa shape index (κ2) is 5.75. The van der Waals surface area contributed by atoms with Crippen molar-refractivity contribution in [3.05, 3.63) is 24.1 Å². The van der Waals surface area contributed by atoms with Gasteiger partial charge in [0.15, 0.2) is 0 Å². The van der Waals surface area contributed by atoms with E-state index >= 15 is 0 Å². The van der Waals surface area contributed by atoms with E-state index in [0.717, 1.165) is 18.8 Å². The average Bonchev–Trinajstić information content (AvgIpc) is 2.98. The highest BCUT2D eigenvalue weighted by Crippen LogP contribution is 2.24. The van der Waals surface area contributed by atoms with Gasteiger partial charge in [-0.15, -0.1) is 0 Å². The minimum atomic E-state index is -0.339. The van der Waals surface area contributed by atoms with Crippen molar-refractivity contribution in [3.8, 4) is 0 Å². The van der Waals surface area contributed by atoms with Crippen LogP contribution in [-0.2, 0) is 9.53 Å². The zero-order valence-corrected chi connectivity index (χ0v) is 11.3. The standard InChI is InChI=1S/C14H18FN3O2/c15-12-1-2-13(16-9-12)18-4-3-11(10-18)14(19)17-5-7-20-8-6-17/h1-2,9,11H,3-8,10H2. The molecule has 5 nitrogen and oxygen atoms in total. The highest BCUT2D eigenvalue weighted by molar-refractivity contribution is 5.80. The molecule has 1 atom stereocenters. The normalized spacial score (nSPS) is 23.1. The van der Waals surface area contributed by atoms with Gasteiger partial charge in [0.1, 0.15) is 11.6 Å².